The predicted octanol–water partition coefficient (Wildman–Crippen LogP) is 4.54. The smallest absolute Gasteiger partial charge is 0.330 e. The fourth-order valence-electron chi connectivity index (χ4n) is 4.16. The van der Waals surface area contributed by atoms with Gasteiger partial charge in [0, 0.05) is 31.9 Å². The van der Waals surface area contributed by atoms with E-state index in [1.165, 1.54) is 10.8 Å². The minimum atomic E-state index is -0.988. The Morgan fingerprint density at radius 3 is 2.21 bits per heavy atom. The average molecular weight is 620 g/mol. The van der Waals surface area contributed by atoms with Crippen molar-refractivity contribution in [2.24, 2.45) is 0 Å². The Kier molecular flexibility index (Phi) is 10.5. The number of aromatic amines is 1. The predicted molar refractivity (Wildman–Crippen MR) is 148 cm³/mol. The highest BCUT2D eigenvalue weighted by Gasteiger charge is 2.48. The molecule has 1 saturated heterocycles. The van der Waals surface area contributed by atoms with E-state index in [1.54, 1.807) is 43.3 Å². The molecule has 0 unspecified atom stereocenters. The molecule has 2 aromatic carbocycles. The van der Waals surface area contributed by atoms with E-state index < -0.39 is 35.8 Å². The second-order valence-corrected chi connectivity index (χ2v) is 10.6. The van der Waals surface area contributed by atoms with Crippen LogP contribution in [0.5, 0.6) is 0 Å². The van der Waals surface area contributed by atoms with Crippen LogP contribution in [0.3, 0.4) is 0 Å². The van der Waals surface area contributed by atoms with Crippen molar-refractivity contribution in [2.75, 3.05) is 19.8 Å². The van der Waals surface area contributed by atoms with E-state index in [4.69, 9.17) is 65.4 Å². The summed E-state index contributed by atoms with van der Waals surface area (Å²) < 4.78 is 25.6. The maximum atomic E-state index is 12.7. The van der Waals surface area contributed by atoms with Gasteiger partial charge < -0.3 is 24.1 Å². The number of aromatic nitrogens is 2. The summed E-state index contributed by atoms with van der Waals surface area (Å²) in [7, 11) is 0. The van der Waals surface area contributed by atoms with Gasteiger partial charge in [0.25, 0.3) is 5.56 Å². The topological polar surface area (TPSA) is 112 Å². The Hall–Kier alpha value is -1.92. The Morgan fingerprint density at radius 2 is 1.59 bits per heavy atom. The third-order valence-corrected chi connectivity index (χ3v) is 7.28. The van der Waals surface area contributed by atoms with Gasteiger partial charge in [0.05, 0.1) is 33.0 Å². The van der Waals surface area contributed by atoms with Crippen molar-refractivity contribution < 1.29 is 24.1 Å². The summed E-state index contributed by atoms with van der Waals surface area (Å²) in [6.45, 7) is 1.54. The van der Waals surface area contributed by atoms with Crippen molar-refractivity contribution in [3.05, 3.63) is 100 Å². The number of aliphatic hydroxyl groups is 1. The first-order valence-electron chi connectivity index (χ1n) is 11.9. The van der Waals surface area contributed by atoms with Crippen molar-refractivity contribution in [2.45, 2.75) is 44.7 Å². The molecule has 0 amide bonds. The summed E-state index contributed by atoms with van der Waals surface area (Å²) >= 11 is 24.6. The van der Waals surface area contributed by atoms with Crippen LogP contribution in [0.4, 0.5) is 0 Å². The molecule has 1 aromatic heterocycles. The summed E-state index contributed by atoms with van der Waals surface area (Å²) in [4.78, 5) is 27.0. The first kappa shape index (κ1) is 30.0. The van der Waals surface area contributed by atoms with Gasteiger partial charge in [-0.1, -0.05) is 58.5 Å². The van der Waals surface area contributed by atoms with Crippen molar-refractivity contribution in [1.82, 2.24) is 9.55 Å². The van der Waals surface area contributed by atoms with E-state index in [0.717, 1.165) is 5.56 Å². The first-order chi connectivity index (χ1) is 18.7. The minimum absolute atomic E-state index is 0.0445. The quantitative estimate of drug-likeness (QED) is 0.324. The lowest BCUT2D eigenvalue weighted by Crippen LogP contribution is -2.41. The van der Waals surface area contributed by atoms with Gasteiger partial charge in [-0.3, -0.25) is 14.3 Å². The Morgan fingerprint density at radius 1 is 0.949 bits per heavy atom. The van der Waals surface area contributed by atoms with E-state index in [-0.39, 0.29) is 33.0 Å². The van der Waals surface area contributed by atoms with Crippen LogP contribution < -0.4 is 11.2 Å². The first-order valence-corrected chi connectivity index (χ1v) is 13.5. The minimum Gasteiger partial charge on any atom is -0.394 e. The molecule has 210 valence electrons. The number of nitrogens with one attached hydrogen (secondary N) is 1. The molecule has 0 saturated carbocycles. The van der Waals surface area contributed by atoms with Gasteiger partial charge in [0.2, 0.25) is 0 Å². The average Bonchev–Trinajstić information content (AvgIpc) is 3.22. The van der Waals surface area contributed by atoms with Crippen molar-refractivity contribution >= 4 is 46.4 Å². The van der Waals surface area contributed by atoms with Gasteiger partial charge in [-0.2, -0.15) is 0 Å². The molecule has 4 atom stereocenters. The van der Waals surface area contributed by atoms with Crippen molar-refractivity contribution in [1.29, 1.82) is 0 Å². The number of hydrogen-bond acceptors (Lipinski definition) is 7. The highest BCUT2D eigenvalue weighted by atomic mass is 35.5. The second-order valence-electron chi connectivity index (χ2n) is 8.86. The monoisotopic (exact) mass is 618 g/mol. The Labute approximate surface area is 244 Å². The molecule has 1 fully saturated rings. The lowest BCUT2D eigenvalue weighted by molar-refractivity contribution is -0.0917. The fourth-order valence-corrected chi connectivity index (χ4v) is 5.08. The van der Waals surface area contributed by atoms with E-state index >= 15 is 0 Å². The molecule has 0 aliphatic carbocycles. The highest BCUT2D eigenvalue weighted by molar-refractivity contribution is 6.35. The summed E-state index contributed by atoms with van der Waals surface area (Å²) in [5.74, 6) is 0. The number of aryl methyl sites for hydroxylation is 1. The highest BCUT2D eigenvalue weighted by Crippen LogP contribution is 2.35. The van der Waals surface area contributed by atoms with E-state index in [0.29, 0.717) is 31.2 Å². The molecule has 2 heterocycles. The van der Waals surface area contributed by atoms with E-state index in [9.17, 15) is 14.7 Å². The molecular formula is C26H26Cl4N2O7. The van der Waals surface area contributed by atoms with Gasteiger partial charge in [0.1, 0.15) is 18.3 Å². The molecule has 1 aliphatic rings. The van der Waals surface area contributed by atoms with Crippen LogP contribution in [0.15, 0.2) is 52.2 Å². The zero-order valence-electron chi connectivity index (χ0n) is 20.7. The van der Waals surface area contributed by atoms with Gasteiger partial charge in [-0.05, 0) is 42.3 Å². The zero-order chi connectivity index (χ0) is 28.1. The molecule has 2 N–H and O–H groups in total. The van der Waals surface area contributed by atoms with Crippen molar-refractivity contribution in [3.8, 4) is 0 Å². The van der Waals surface area contributed by atoms with Crippen LogP contribution >= 0.6 is 46.4 Å². The van der Waals surface area contributed by atoms with E-state index in [2.05, 4.69) is 4.98 Å². The second kappa shape index (κ2) is 13.6. The van der Waals surface area contributed by atoms with Gasteiger partial charge in [-0.15, -0.1) is 0 Å². The molecular weight excluding hydrogens is 594 g/mol. The van der Waals surface area contributed by atoms with Crippen LogP contribution in [0, 0.1) is 6.92 Å². The number of aliphatic hydroxyl groups excluding tert-OH is 1. The summed E-state index contributed by atoms with van der Waals surface area (Å²) in [6, 6.07) is 10.1. The number of ether oxygens (including phenoxy) is 4. The number of halogens is 4. The zero-order valence-corrected chi connectivity index (χ0v) is 23.8. The standard InChI is InChI=1S/C26H26Cl4N2O7/c1-14-10-32(26(35)31-24(14)34)25-23(37-7-6-33)22(38-12-16-3-5-18(28)9-20(16)30)21(39-25)13-36-11-15-2-4-17(27)8-19(15)29/h2-5,8-10,21-23,25,33H,6-7,11-13H2,1H3,(H,31,34,35)/t21-,22-,23-,25-/m1/s1. The summed E-state index contributed by atoms with van der Waals surface area (Å²) in [6.07, 6.45) is -1.91. The van der Waals surface area contributed by atoms with Crippen LogP contribution in [0.1, 0.15) is 22.9 Å². The van der Waals surface area contributed by atoms with E-state index in [1.807, 2.05) is 0 Å². The maximum Gasteiger partial charge on any atom is 0.330 e. The Balaban J connectivity index is 1.61. The largest absolute Gasteiger partial charge is 0.394 e. The van der Waals surface area contributed by atoms with Gasteiger partial charge in [0.15, 0.2) is 6.23 Å². The molecule has 0 bridgehead atoms. The van der Waals surface area contributed by atoms with Gasteiger partial charge in [-0.25, -0.2) is 4.79 Å². The van der Waals surface area contributed by atoms with Crippen LogP contribution in [0.2, 0.25) is 20.1 Å². The number of nitrogens with zero attached hydrogens (tertiary/aromatic N) is 1. The third-order valence-electron chi connectivity index (χ3n) is 6.11. The SMILES string of the molecule is Cc1cn([C@@H]2O[C@H](COCc3ccc(Cl)cc3Cl)[C@@H](OCc3ccc(Cl)cc3Cl)[C@H]2OCCO)c(=O)[nH]c1=O. The molecule has 0 spiro atoms. The molecule has 9 nitrogen and oxygen atoms in total. The summed E-state index contributed by atoms with van der Waals surface area (Å²) in [5, 5.41) is 11.3. The number of H-pyrrole nitrogens is 1. The number of hydrogen-bond donors (Lipinski definition) is 2. The molecule has 13 heteroatoms. The number of rotatable bonds is 11. The van der Waals surface area contributed by atoms with Crippen LogP contribution in [0.25, 0.3) is 0 Å². The molecule has 0 radical (unpaired) electrons. The van der Waals surface area contributed by atoms with Gasteiger partial charge >= 0.3 is 5.69 Å². The molecule has 39 heavy (non-hydrogen) atoms. The normalized spacial score (nSPS) is 21.0. The molecule has 4 rings (SSSR count). The Bertz CT molecular complexity index is 1410. The molecule has 3 aromatic rings. The fraction of sp³-hybridized carbons (Fsp3) is 0.385. The van der Waals surface area contributed by atoms with Crippen molar-refractivity contribution in [3.63, 3.8) is 0 Å². The number of benzene rings is 2. The molecule has 1 aliphatic heterocycles. The van der Waals surface area contributed by atoms with Crippen LogP contribution in [-0.2, 0) is 32.2 Å². The lowest BCUT2D eigenvalue weighted by Gasteiger charge is -2.25. The summed E-state index contributed by atoms with van der Waals surface area (Å²) in [5.41, 5.74) is 0.521. The maximum absolute atomic E-state index is 12.7. The lowest BCUT2D eigenvalue weighted by atomic mass is 10.1. The van der Waals surface area contributed by atoms with Crippen LogP contribution in [-0.4, -0.2) is 52.8 Å². The third kappa shape index (κ3) is 7.43.